The van der Waals surface area contributed by atoms with Gasteiger partial charge in [0.1, 0.15) is 0 Å². The first-order chi connectivity index (χ1) is 4.06. The molecule has 0 aromatic rings. The van der Waals surface area contributed by atoms with E-state index in [-0.39, 0.29) is 5.54 Å². The standard InChI is InChI=1S/C6H16N2O/c1-6(2,7)4-5-9-8-3/h8H,4-5,7H2,1-3H3. The van der Waals surface area contributed by atoms with Crippen molar-refractivity contribution in [2.24, 2.45) is 5.73 Å². The minimum atomic E-state index is -0.114. The maximum atomic E-state index is 5.67. The quantitative estimate of drug-likeness (QED) is 0.426. The van der Waals surface area contributed by atoms with Gasteiger partial charge in [-0.25, -0.2) is 5.48 Å². The molecule has 0 aromatic carbocycles. The van der Waals surface area contributed by atoms with Crippen molar-refractivity contribution in [3.8, 4) is 0 Å². The Balaban J connectivity index is 3.07. The Morgan fingerprint density at radius 3 is 2.44 bits per heavy atom. The predicted octanol–water partition coefficient (Wildman–Crippen LogP) is 0.265. The van der Waals surface area contributed by atoms with Crippen LogP contribution in [0.1, 0.15) is 20.3 Å². The number of rotatable bonds is 4. The lowest BCUT2D eigenvalue weighted by Crippen LogP contribution is -2.33. The zero-order valence-electron chi connectivity index (χ0n) is 6.40. The van der Waals surface area contributed by atoms with Crippen LogP contribution in [0.2, 0.25) is 0 Å². The van der Waals surface area contributed by atoms with E-state index in [9.17, 15) is 0 Å². The average Bonchev–Trinajstić information content (AvgIpc) is 1.63. The smallest absolute Gasteiger partial charge is 0.0699 e. The highest BCUT2D eigenvalue weighted by molar-refractivity contribution is 4.70. The molecular formula is C6H16N2O. The molecule has 0 aliphatic rings. The number of nitrogens with two attached hydrogens (primary N) is 1. The van der Waals surface area contributed by atoms with E-state index in [1.165, 1.54) is 0 Å². The molecule has 0 saturated heterocycles. The molecule has 0 fully saturated rings. The van der Waals surface area contributed by atoms with Gasteiger partial charge in [0, 0.05) is 12.6 Å². The second kappa shape index (κ2) is 3.82. The predicted molar refractivity (Wildman–Crippen MR) is 37.9 cm³/mol. The van der Waals surface area contributed by atoms with Crippen molar-refractivity contribution < 1.29 is 4.84 Å². The molecule has 3 heteroatoms. The normalized spacial score (nSPS) is 12.0. The van der Waals surface area contributed by atoms with Crippen molar-refractivity contribution >= 4 is 0 Å². The summed E-state index contributed by atoms with van der Waals surface area (Å²) in [5.41, 5.74) is 8.14. The number of hydrogen-bond donors (Lipinski definition) is 2. The van der Waals surface area contributed by atoms with Crippen molar-refractivity contribution in [2.45, 2.75) is 25.8 Å². The van der Waals surface area contributed by atoms with E-state index in [0.29, 0.717) is 6.61 Å². The van der Waals surface area contributed by atoms with Gasteiger partial charge in [0.25, 0.3) is 0 Å². The van der Waals surface area contributed by atoms with Gasteiger partial charge >= 0.3 is 0 Å². The minimum Gasteiger partial charge on any atom is -0.325 e. The van der Waals surface area contributed by atoms with Crippen LogP contribution in [-0.2, 0) is 4.84 Å². The maximum absolute atomic E-state index is 5.67. The first-order valence-corrected chi connectivity index (χ1v) is 3.14. The molecule has 0 atom stereocenters. The SMILES string of the molecule is CNOCCC(C)(C)N. The molecule has 0 bridgehead atoms. The summed E-state index contributed by atoms with van der Waals surface area (Å²) in [7, 11) is 1.74. The Hall–Kier alpha value is -0.120. The third-order valence-electron chi connectivity index (χ3n) is 0.993. The molecule has 56 valence electrons. The molecule has 0 unspecified atom stereocenters. The van der Waals surface area contributed by atoms with Gasteiger partial charge in [0.2, 0.25) is 0 Å². The lowest BCUT2D eigenvalue weighted by molar-refractivity contribution is 0.0479. The summed E-state index contributed by atoms with van der Waals surface area (Å²) in [5, 5.41) is 0. The fourth-order valence-corrected chi connectivity index (χ4v) is 0.416. The highest BCUT2D eigenvalue weighted by Gasteiger charge is 2.08. The zero-order valence-corrected chi connectivity index (χ0v) is 6.40. The highest BCUT2D eigenvalue weighted by Crippen LogP contribution is 2.01. The van der Waals surface area contributed by atoms with Crippen molar-refractivity contribution in [3.05, 3.63) is 0 Å². The molecular weight excluding hydrogens is 116 g/mol. The molecule has 0 aromatic heterocycles. The van der Waals surface area contributed by atoms with Crippen LogP contribution < -0.4 is 11.2 Å². The Kier molecular flexibility index (Phi) is 3.77. The molecule has 0 aliphatic carbocycles. The summed E-state index contributed by atoms with van der Waals surface area (Å²) in [6, 6.07) is 0. The van der Waals surface area contributed by atoms with E-state index in [0.717, 1.165) is 6.42 Å². The summed E-state index contributed by atoms with van der Waals surface area (Å²) in [6.07, 6.45) is 0.869. The van der Waals surface area contributed by atoms with Crippen molar-refractivity contribution in [1.82, 2.24) is 5.48 Å². The number of hydrogen-bond acceptors (Lipinski definition) is 3. The zero-order chi connectivity index (χ0) is 7.33. The van der Waals surface area contributed by atoms with Gasteiger partial charge in [-0.2, -0.15) is 0 Å². The summed E-state index contributed by atoms with van der Waals surface area (Å²) < 4.78 is 0. The van der Waals surface area contributed by atoms with Crippen LogP contribution >= 0.6 is 0 Å². The Labute approximate surface area is 56.5 Å². The molecule has 0 radical (unpaired) electrons. The van der Waals surface area contributed by atoms with E-state index in [1.54, 1.807) is 7.05 Å². The highest BCUT2D eigenvalue weighted by atomic mass is 16.6. The monoisotopic (exact) mass is 132 g/mol. The average molecular weight is 132 g/mol. The van der Waals surface area contributed by atoms with Crippen LogP contribution in [0.3, 0.4) is 0 Å². The minimum absolute atomic E-state index is 0.114. The molecule has 0 amide bonds. The van der Waals surface area contributed by atoms with Gasteiger partial charge in [0.15, 0.2) is 0 Å². The second-order valence-corrected chi connectivity index (χ2v) is 2.79. The van der Waals surface area contributed by atoms with Gasteiger partial charge in [-0.3, -0.25) is 0 Å². The van der Waals surface area contributed by atoms with E-state index in [4.69, 9.17) is 10.6 Å². The summed E-state index contributed by atoms with van der Waals surface area (Å²) >= 11 is 0. The van der Waals surface area contributed by atoms with Crippen LogP contribution in [-0.4, -0.2) is 19.2 Å². The third-order valence-corrected chi connectivity index (χ3v) is 0.993. The van der Waals surface area contributed by atoms with Gasteiger partial charge in [-0.1, -0.05) is 0 Å². The molecule has 0 saturated carbocycles. The Bertz CT molecular complexity index is 67.9. The third kappa shape index (κ3) is 7.88. The summed E-state index contributed by atoms with van der Waals surface area (Å²) in [4.78, 5) is 4.88. The van der Waals surface area contributed by atoms with Crippen LogP contribution in [0.15, 0.2) is 0 Å². The number of hydroxylamine groups is 1. The summed E-state index contributed by atoms with van der Waals surface area (Å²) in [5.74, 6) is 0. The Morgan fingerprint density at radius 2 is 2.11 bits per heavy atom. The summed E-state index contributed by atoms with van der Waals surface area (Å²) in [6.45, 7) is 4.62. The first-order valence-electron chi connectivity index (χ1n) is 3.14. The van der Waals surface area contributed by atoms with Crippen LogP contribution in [0.25, 0.3) is 0 Å². The van der Waals surface area contributed by atoms with Crippen molar-refractivity contribution in [3.63, 3.8) is 0 Å². The van der Waals surface area contributed by atoms with Crippen LogP contribution in [0.5, 0.6) is 0 Å². The lowest BCUT2D eigenvalue weighted by Gasteiger charge is -2.17. The Morgan fingerprint density at radius 1 is 1.56 bits per heavy atom. The molecule has 0 aliphatic heterocycles. The van der Waals surface area contributed by atoms with Gasteiger partial charge in [0.05, 0.1) is 6.61 Å². The first kappa shape index (κ1) is 8.88. The van der Waals surface area contributed by atoms with E-state index in [2.05, 4.69) is 5.48 Å². The van der Waals surface area contributed by atoms with Crippen LogP contribution in [0, 0.1) is 0 Å². The van der Waals surface area contributed by atoms with E-state index >= 15 is 0 Å². The van der Waals surface area contributed by atoms with Gasteiger partial charge in [-0.05, 0) is 20.3 Å². The molecule has 3 N–H and O–H groups in total. The molecule has 0 spiro atoms. The molecule has 9 heavy (non-hydrogen) atoms. The van der Waals surface area contributed by atoms with Gasteiger partial charge in [-0.15, -0.1) is 0 Å². The fourth-order valence-electron chi connectivity index (χ4n) is 0.416. The largest absolute Gasteiger partial charge is 0.325 e. The van der Waals surface area contributed by atoms with E-state index in [1.807, 2.05) is 13.8 Å². The second-order valence-electron chi connectivity index (χ2n) is 2.79. The van der Waals surface area contributed by atoms with Crippen molar-refractivity contribution in [2.75, 3.05) is 13.7 Å². The van der Waals surface area contributed by atoms with Gasteiger partial charge < -0.3 is 10.6 Å². The lowest BCUT2D eigenvalue weighted by atomic mass is 10.0. The molecule has 3 nitrogen and oxygen atoms in total. The molecule has 0 rings (SSSR count). The van der Waals surface area contributed by atoms with Crippen molar-refractivity contribution in [1.29, 1.82) is 0 Å². The van der Waals surface area contributed by atoms with Crippen LogP contribution in [0.4, 0.5) is 0 Å². The van der Waals surface area contributed by atoms with E-state index < -0.39 is 0 Å². The molecule has 0 heterocycles. The fraction of sp³-hybridized carbons (Fsp3) is 1.00. The number of nitrogens with one attached hydrogen (secondary N) is 1. The topological polar surface area (TPSA) is 47.3 Å². The maximum Gasteiger partial charge on any atom is 0.0699 e.